The molecule has 1 aromatic rings. The van der Waals surface area contributed by atoms with Crippen LogP contribution in [-0.2, 0) is 51.3 Å². The number of ether oxygens (including phenoxy) is 2. The van der Waals surface area contributed by atoms with Crippen molar-refractivity contribution in [1.29, 1.82) is 0 Å². The molecule has 2 aliphatic rings. The molecular formula is C32H44N4O13S. The number of carboxylic acids is 1. The summed E-state index contributed by atoms with van der Waals surface area (Å²) >= 11 is 0.858. The predicted molar refractivity (Wildman–Crippen MR) is 176 cm³/mol. The van der Waals surface area contributed by atoms with Gasteiger partial charge in [-0.15, -0.1) is 0 Å². The van der Waals surface area contributed by atoms with E-state index in [1.165, 1.54) is 13.0 Å². The average Bonchev–Trinajstić information content (AvgIpc) is 3.29. The quantitative estimate of drug-likeness (QED) is 0.0946. The Morgan fingerprint density at radius 2 is 1.68 bits per heavy atom. The number of likely N-dealkylation sites (tertiary alicyclic amines) is 1. The summed E-state index contributed by atoms with van der Waals surface area (Å²) in [5.41, 5.74) is 1.32. The topological polar surface area (TPSA) is 258 Å². The number of aliphatic hydroxyl groups excluding tert-OH is 3. The Morgan fingerprint density at radius 1 is 1.00 bits per heavy atom. The van der Waals surface area contributed by atoms with E-state index in [1.54, 1.807) is 39.2 Å². The molecule has 0 spiro atoms. The molecule has 0 bridgehead atoms. The van der Waals surface area contributed by atoms with Crippen LogP contribution in [0.2, 0.25) is 0 Å². The van der Waals surface area contributed by atoms with Crippen molar-refractivity contribution in [1.82, 2.24) is 15.5 Å². The van der Waals surface area contributed by atoms with Crippen LogP contribution in [0.3, 0.4) is 0 Å². The molecule has 8 atom stereocenters. The zero-order valence-corrected chi connectivity index (χ0v) is 29.1. The Balaban J connectivity index is 1.69. The fourth-order valence-electron chi connectivity index (χ4n) is 5.50. The second kappa shape index (κ2) is 17.7. The van der Waals surface area contributed by atoms with Gasteiger partial charge in [0.25, 0.3) is 0 Å². The zero-order valence-electron chi connectivity index (χ0n) is 28.3. The van der Waals surface area contributed by atoms with E-state index in [2.05, 4.69) is 16.0 Å². The number of carboxylic acid groups (broad SMARTS) is 1. The Labute approximate surface area is 292 Å². The highest BCUT2D eigenvalue weighted by Crippen LogP contribution is 2.27. The number of carbonyl (C=O) groups excluding carboxylic acids is 6. The number of rotatable bonds is 14. The van der Waals surface area contributed by atoms with Gasteiger partial charge in [0.1, 0.15) is 43.5 Å². The molecule has 2 saturated heterocycles. The maximum absolute atomic E-state index is 13.1. The first kappa shape index (κ1) is 40.3. The Hall–Kier alpha value is -4.10. The maximum Gasteiger partial charge on any atom is 0.367 e. The maximum atomic E-state index is 13.1. The lowest BCUT2D eigenvalue weighted by Crippen LogP contribution is -2.59. The van der Waals surface area contributed by atoms with Crippen LogP contribution in [0, 0.1) is 11.8 Å². The molecule has 17 nitrogen and oxygen atoms in total. The number of nitrogens with zero attached hydrogens (tertiary/aromatic N) is 1. The van der Waals surface area contributed by atoms with E-state index in [0.29, 0.717) is 11.1 Å². The molecule has 1 aromatic carbocycles. The molecule has 0 radical (unpaired) electrons. The number of aliphatic carboxylic acids is 1. The van der Waals surface area contributed by atoms with Crippen LogP contribution in [0.4, 0.5) is 10.5 Å². The van der Waals surface area contributed by atoms with Crippen molar-refractivity contribution in [3.8, 4) is 0 Å². The number of benzene rings is 1. The van der Waals surface area contributed by atoms with Crippen LogP contribution in [0.15, 0.2) is 18.2 Å². The minimum Gasteiger partial charge on any atom is -0.479 e. The number of imide groups is 1. The lowest BCUT2D eigenvalue weighted by Gasteiger charge is -2.39. The van der Waals surface area contributed by atoms with E-state index in [0.717, 1.165) is 16.7 Å². The summed E-state index contributed by atoms with van der Waals surface area (Å²) < 4.78 is 10.6. The van der Waals surface area contributed by atoms with E-state index < -0.39 is 102 Å². The highest BCUT2D eigenvalue weighted by molar-refractivity contribution is 8.12. The SMILES string of the molecule is CSC(=O)OCc1ccc(NC(=O)[C@H](C)NC(=O)[C@@H](NC(=O)CN2C(=O)CC(C)C2=O)C(C)C)cc1CC[C@@H]1O[C@H](C(=O)O)[C@@H](O)[C@H](O)[C@H]1O. The molecule has 0 saturated carbocycles. The number of hydrogen-bond acceptors (Lipinski definition) is 13. The molecule has 7 N–H and O–H groups in total. The van der Waals surface area contributed by atoms with Crippen LogP contribution in [0.1, 0.15) is 51.7 Å². The highest BCUT2D eigenvalue weighted by Gasteiger charge is 2.46. The number of amides is 5. The molecule has 2 aliphatic heterocycles. The van der Waals surface area contributed by atoms with Crippen molar-refractivity contribution in [3.63, 3.8) is 0 Å². The van der Waals surface area contributed by atoms with Crippen LogP contribution in [0.25, 0.3) is 0 Å². The number of hydrogen-bond donors (Lipinski definition) is 7. The van der Waals surface area contributed by atoms with Crippen molar-refractivity contribution in [3.05, 3.63) is 29.3 Å². The van der Waals surface area contributed by atoms with Crippen molar-refractivity contribution in [2.45, 2.75) is 96.2 Å². The molecule has 276 valence electrons. The molecule has 0 aliphatic carbocycles. The van der Waals surface area contributed by atoms with E-state index in [1.807, 2.05) is 0 Å². The van der Waals surface area contributed by atoms with Crippen LogP contribution in [0.5, 0.6) is 0 Å². The van der Waals surface area contributed by atoms with E-state index in [9.17, 15) is 54.0 Å². The second-order valence-corrected chi connectivity index (χ2v) is 13.3. The summed E-state index contributed by atoms with van der Waals surface area (Å²) in [5, 5.41) is 47.2. The lowest BCUT2D eigenvalue weighted by atomic mass is 9.91. The zero-order chi connectivity index (χ0) is 37.4. The molecule has 0 aromatic heterocycles. The molecule has 2 fully saturated rings. The summed E-state index contributed by atoms with van der Waals surface area (Å²) in [4.78, 5) is 87.3. The summed E-state index contributed by atoms with van der Waals surface area (Å²) in [6, 6.07) is 2.49. The number of carbonyl (C=O) groups is 7. The second-order valence-electron chi connectivity index (χ2n) is 12.6. The average molecular weight is 725 g/mol. The van der Waals surface area contributed by atoms with Gasteiger partial charge in [0.2, 0.25) is 29.5 Å². The van der Waals surface area contributed by atoms with E-state index in [-0.39, 0.29) is 31.6 Å². The Morgan fingerprint density at radius 3 is 2.26 bits per heavy atom. The third-order valence-electron chi connectivity index (χ3n) is 8.43. The van der Waals surface area contributed by atoms with Gasteiger partial charge < -0.3 is 45.9 Å². The van der Waals surface area contributed by atoms with Crippen molar-refractivity contribution in [2.75, 3.05) is 18.1 Å². The van der Waals surface area contributed by atoms with E-state index in [4.69, 9.17) is 9.47 Å². The van der Waals surface area contributed by atoms with Gasteiger partial charge in [0.15, 0.2) is 6.10 Å². The van der Waals surface area contributed by atoms with Gasteiger partial charge in [-0.25, -0.2) is 9.59 Å². The molecule has 5 amide bonds. The van der Waals surface area contributed by atoms with Crippen LogP contribution >= 0.6 is 11.8 Å². The van der Waals surface area contributed by atoms with Gasteiger partial charge in [-0.2, -0.15) is 0 Å². The first-order valence-corrected chi connectivity index (χ1v) is 17.2. The van der Waals surface area contributed by atoms with Crippen molar-refractivity contribution >= 4 is 58.3 Å². The van der Waals surface area contributed by atoms with Crippen LogP contribution in [-0.4, -0.2) is 122 Å². The molecule has 2 heterocycles. The minimum absolute atomic E-state index is 0.00292. The Bertz CT molecular complexity index is 1470. The minimum atomic E-state index is -1.84. The molecular weight excluding hydrogens is 680 g/mol. The molecule has 18 heteroatoms. The number of anilines is 1. The first-order chi connectivity index (χ1) is 23.4. The fraction of sp³-hybridized carbons (Fsp3) is 0.594. The number of nitrogens with one attached hydrogen (secondary N) is 3. The van der Waals surface area contributed by atoms with Gasteiger partial charge in [-0.1, -0.05) is 26.8 Å². The standard InChI is InChI=1S/C32H44N4O13S/c1-14(2)23(35-21(37)12-36-22(38)10-15(3)30(36)44)29(43)33-16(4)28(42)34-19-8-6-18(13-48-32(47)50-5)17(11-19)7-9-20-24(39)25(40)26(41)27(49-20)31(45)46/h6,8,11,14-16,20,23-27,39-41H,7,9-10,12-13H2,1-5H3,(H,33,43)(H,34,42)(H,35,37)(H,45,46)/t15?,16-,20-,23-,24-,25+,26-,27-/m0/s1. The largest absolute Gasteiger partial charge is 0.479 e. The monoisotopic (exact) mass is 724 g/mol. The third-order valence-corrected chi connectivity index (χ3v) is 8.88. The predicted octanol–water partition coefficient (Wildman–Crippen LogP) is -0.467. The van der Waals surface area contributed by atoms with Gasteiger partial charge in [0, 0.05) is 18.0 Å². The molecule has 3 rings (SSSR count). The van der Waals surface area contributed by atoms with Gasteiger partial charge >= 0.3 is 11.3 Å². The summed E-state index contributed by atoms with van der Waals surface area (Å²) in [6.45, 7) is 5.67. The summed E-state index contributed by atoms with van der Waals surface area (Å²) in [6.07, 6.45) is -6.55. The fourth-order valence-corrected chi connectivity index (χ4v) is 5.67. The van der Waals surface area contributed by atoms with Crippen molar-refractivity contribution < 1.29 is 63.5 Å². The smallest absolute Gasteiger partial charge is 0.367 e. The number of aryl methyl sites for hydroxylation is 1. The third kappa shape index (κ3) is 10.2. The first-order valence-electron chi connectivity index (χ1n) is 15.9. The van der Waals surface area contributed by atoms with E-state index >= 15 is 0 Å². The van der Waals surface area contributed by atoms with Gasteiger partial charge in [-0.05, 0) is 67.0 Å². The van der Waals surface area contributed by atoms with Gasteiger partial charge in [-0.3, -0.25) is 28.9 Å². The normalized spacial score (nSPS) is 24.8. The van der Waals surface area contributed by atoms with Crippen LogP contribution < -0.4 is 16.0 Å². The van der Waals surface area contributed by atoms with Gasteiger partial charge in [0.05, 0.1) is 6.10 Å². The molecule has 1 unspecified atom stereocenters. The summed E-state index contributed by atoms with van der Waals surface area (Å²) in [7, 11) is 0. The van der Waals surface area contributed by atoms with Crippen molar-refractivity contribution in [2.24, 2.45) is 11.8 Å². The number of thioether (sulfide) groups is 1. The highest BCUT2D eigenvalue weighted by atomic mass is 32.2. The number of aliphatic hydroxyl groups is 3. The lowest BCUT2D eigenvalue weighted by molar-refractivity contribution is -0.228. The summed E-state index contributed by atoms with van der Waals surface area (Å²) in [5.74, 6) is -5.43. The molecule has 50 heavy (non-hydrogen) atoms. The Kier molecular flexibility index (Phi) is 14.3.